The van der Waals surface area contributed by atoms with Crippen molar-refractivity contribution in [2.45, 2.75) is 32.3 Å². The van der Waals surface area contributed by atoms with Crippen LogP contribution in [0.5, 0.6) is 0 Å². The number of aromatic nitrogens is 2. The average molecular weight is 211 g/mol. The van der Waals surface area contributed by atoms with Gasteiger partial charge in [-0.25, -0.2) is 0 Å². The highest BCUT2D eigenvalue weighted by molar-refractivity contribution is 7.99. The van der Waals surface area contributed by atoms with Gasteiger partial charge in [-0.2, -0.15) is 5.10 Å². The van der Waals surface area contributed by atoms with Crippen molar-refractivity contribution in [1.29, 1.82) is 0 Å². The number of hydrogen-bond donors (Lipinski definition) is 1. The molecule has 0 aliphatic carbocycles. The maximum absolute atomic E-state index is 4.51. The predicted molar refractivity (Wildman–Crippen MR) is 61.0 cm³/mol. The van der Waals surface area contributed by atoms with Crippen molar-refractivity contribution >= 4 is 17.4 Å². The van der Waals surface area contributed by atoms with Crippen LogP contribution in [0.3, 0.4) is 0 Å². The van der Waals surface area contributed by atoms with Gasteiger partial charge in [0.15, 0.2) is 0 Å². The second kappa shape index (κ2) is 3.85. The van der Waals surface area contributed by atoms with Crippen LogP contribution in [-0.2, 0) is 6.54 Å². The molecule has 1 atom stereocenters. The van der Waals surface area contributed by atoms with Gasteiger partial charge in [-0.3, -0.25) is 4.68 Å². The quantitative estimate of drug-likeness (QED) is 0.773. The van der Waals surface area contributed by atoms with E-state index in [1.165, 1.54) is 16.5 Å². The van der Waals surface area contributed by atoms with E-state index in [1.807, 2.05) is 11.8 Å². The fourth-order valence-corrected chi connectivity index (χ4v) is 2.92. The molecule has 1 unspecified atom stereocenters. The van der Waals surface area contributed by atoms with Crippen LogP contribution >= 0.6 is 11.8 Å². The molecule has 0 saturated heterocycles. The second-order valence-electron chi connectivity index (χ2n) is 3.88. The number of rotatable bonds is 1. The summed E-state index contributed by atoms with van der Waals surface area (Å²) in [6.45, 7) is 8.52. The van der Waals surface area contributed by atoms with Gasteiger partial charge < -0.3 is 5.32 Å². The summed E-state index contributed by atoms with van der Waals surface area (Å²) in [5.41, 5.74) is 2.38. The van der Waals surface area contributed by atoms with Crippen LogP contribution in [0.4, 0.5) is 5.69 Å². The summed E-state index contributed by atoms with van der Waals surface area (Å²) in [4.78, 5) is 0. The van der Waals surface area contributed by atoms with Crippen molar-refractivity contribution in [3.63, 3.8) is 0 Å². The number of nitrogens with zero attached hydrogens (tertiary/aromatic N) is 2. The number of anilines is 1. The maximum Gasteiger partial charge on any atom is 0.117 e. The molecule has 0 saturated carbocycles. The Morgan fingerprint density at radius 3 is 3.14 bits per heavy atom. The number of hydrogen-bond acceptors (Lipinski definition) is 3. The van der Waals surface area contributed by atoms with Crippen molar-refractivity contribution in [2.75, 3.05) is 17.6 Å². The topological polar surface area (TPSA) is 29.9 Å². The molecule has 2 heterocycles. The summed E-state index contributed by atoms with van der Waals surface area (Å²) in [5.74, 6) is 1.92. The number of fused-ring (bicyclic) bond motifs is 1. The van der Waals surface area contributed by atoms with Crippen LogP contribution < -0.4 is 5.32 Å². The monoisotopic (exact) mass is 211 g/mol. The minimum atomic E-state index is 0.733. The van der Waals surface area contributed by atoms with E-state index < -0.39 is 0 Å². The predicted octanol–water partition coefficient (Wildman–Crippen LogP) is 2.37. The first-order valence-corrected chi connectivity index (χ1v) is 6.15. The second-order valence-corrected chi connectivity index (χ2v) is 4.89. The molecule has 78 valence electrons. The van der Waals surface area contributed by atoms with Gasteiger partial charge in [-0.1, -0.05) is 6.92 Å². The van der Waals surface area contributed by atoms with Gasteiger partial charge in [0.1, 0.15) is 5.03 Å². The van der Waals surface area contributed by atoms with Crippen LogP contribution in [0.1, 0.15) is 19.5 Å². The fraction of sp³-hybridized carbons (Fsp3) is 0.700. The first-order chi connectivity index (χ1) is 6.72. The molecule has 0 radical (unpaired) electrons. The van der Waals surface area contributed by atoms with E-state index in [4.69, 9.17) is 0 Å². The SMILES string of the molecule is CCn1nc(C)c2c1SCC(C)CN2. The third-order valence-electron chi connectivity index (χ3n) is 2.51. The summed E-state index contributed by atoms with van der Waals surface area (Å²) < 4.78 is 2.10. The Morgan fingerprint density at radius 1 is 1.64 bits per heavy atom. The smallest absolute Gasteiger partial charge is 0.117 e. The lowest BCUT2D eigenvalue weighted by Crippen LogP contribution is -2.11. The molecule has 0 bridgehead atoms. The molecule has 2 rings (SSSR count). The lowest BCUT2D eigenvalue weighted by atomic mass is 10.2. The van der Waals surface area contributed by atoms with Gasteiger partial charge in [0.05, 0.1) is 11.4 Å². The molecule has 0 spiro atoms. The first kappa shape index (κ1) is 9.90. The zero-order chi connectivity index (χ0) is 10.1. The standard InChI is InChI=1S/C10H17N3S/c1-4-13-10-9(8(3)12-13)11-5-7(2)6-14-10/h7,11H,4-6H2,1-3H3. The van der Waals surface area contributed by atoms with Gasteiger partial charge in [0.25, 0.3) is 0 Å². The first-order valence-electron chi connectivity index (χ1n) is 5.16. The van der Waals surface area contributed by atoms with Gasteiger partial charge in [-0.15, -0.1) is 11.8 Å². The lowest BCUT2D eigenvalue weighted by molar-refractivity contribution is 0.602. The normalized spacial score (nSPS) is 21.2. The van der Waals surface area contributed by atoms with Crippen LogP contribution in [0.25, 0.3) is 0 Å². The Bertz CT molecular complexity index is 332. The summed E-state index contributed by atoms with van der Waals surface area (Å²) in [6.07, 6.45) is 0. The molecule has 1 aromatic rings. The van der Waals surface area contributed by atoms with E-state index in [0.29, 0.717) is 0 Å². The number of nitrogens with one attached hydrogen (secondary N) is 1. The van der Waals surface area contributed by atoms with Gasteiger partial charge in [0.2, 0.25) is 0 Å². The van der Waals surface area contributed by atoms with E-state index in [-0.39, 0.29) is 0 Å². The van der Waals surface area contributed by atoms with Gasteiger partial charge in [-0.05, 0) is 19.8 Å². The Kier molecular flexibility index (Phi) is 2.72. The van der Waals surface area contributed by atoms with Crippen molar-refractivity contribution in [3.05, 3.63) is 5.69 Å². The van der Waals surface area contributed by atoms with Crippen LogP contribution in [0, 0.1) is 12.8 Å². The summed E-state index contributed by atoms with van der Waals surface area (Å²) in [5, 5.41) is 9.32. The van der Waals surface area contributed by atoms with E-state index >= 15 is 0 Å². The molecule has 0 aromatic carbocycles. The van der Waals surface area contributed by atoms with Crippen molar-refractivity contribution < 1.29 is 0 Å². The van der Waals surface area contributed by atoms with Crippen molar-refractivity contribution in [3.8, 4) is 0 Å². The molecule has 1 aromatic heterocycles. The summed E-state index contributed by atoms with van der Waals surface area (Å²) >= 11 is 1.93. The van der Waals surface area contributed by atoms with Gasteiger partial charge in [0, 0.05) is 18.8 Å². The largest absolute Gasteiger partial charge is 0.381 e. The molecular formula is C10H17N3S. The Hall–Kier alpha value is -0.640. The fourth-order valence-electron chi connectivity index (χ4n) is 1.68. The zero-order valence-electron chi connectivity index (χ0n) is 9.00. The van der Waals surface area contributed by atoms with Crippen LogP contribution in [0.15, 0.2) is 5.03 Å². The highest BCUT2D eigenvalue weighted by Crippen LogP contribution is 2.34. The van der Waals surface area contributed by atoms with Gasteiger partial charge >= 0.3 is 0 Å². The Morgan fingerprint density at radius 2 is 2.43 bits per heavy atom. The van der Waals surface area contributed by atoms with Crippen LogP contribution in [-0.4, -0.2) is 22.1 Å². The van der Waals surface area contributed by atoms with E-state index in [1.54, 1.807) is 0 Å². The zero-order valence-corrected chi connectivity index (χ0v) is 9.82. The van der Waals surface area contributed by atoms with E-state index in [0.717, 1.165) is 24.7 Å². The molecule has 1 aliphatic heterocycles. The Balaban J connectivity index is 2.36. The maximum atomic E-state index is 4.51. The summed E-state index contributed by atoms with van der Waals surface area (Å²) in [6, 6.07) is 0. The third kappa shape index (κ3) is 1.63. The minimum absolute atomic E-state index is 0.733. The van der Waals surface area contributed by atoms with Crippen molar-refractivity contribution in [1.82, 2.24) is 9.78 Å². The highest BCUT2D eigenvalue weighted by Gasteiger charge is 2.19. The van der Waals surface area contributed by atoms with E-state index in [9.17, 15) is 0 Å². The number of aryl methyl sites for hydroxylation is 2. The lowest BCUT2D eigenvalue weighted by Gasteiger charge is -2.06. The minimum Gasteiger partial charge on any atom is -0.381 e. The molecule has 1 aliphatic rings. The third-order valence-corrected chi connectivity index (χ3v) is 3.94. The molecular weight excluding hydrogens is 194 g/mol. The number of thioether (sulfide) groups is 1. The Labute approximate surface area is 89.3 Å². The van der Waals surface area contributed by atoms with Crippen molar-refractivity contribution in [2.24, 2.45) is 5.92 Å². The highest BCUT2D eigenvalue weighted by atomic mass is 32.2. The molecule has 0 amide bonds. The van der Waals surface area contributed by atoms with Crippen LogP contribution in [0.2, 0.25) is 0 Å². The molecule has 4 heteroatoms. The van der Waals surface area contributed by atoms with E-state index in [2.05, 4.69) is 35.9 Å². The average Bonchev–Trinajstić information content (AvgIpc) is 2.33. The molecule has 1 N–H and O–H groups in total. The summed E-state index contributed by atoms with van der Waals surface area (Å²) in [7, 11) is 0. The molecule has 14 heavy (non-hydrogen) atoms. The molecule has 3 nitrogen and oxygen atoms in total. The molecule has 0 fully saturated rings.